The number of rotatable bonds is 7. The van der Waals surface area contributed by atoms with Crippen LogP contribution in [0.3, 0.4) is 0 Å². The summed E-state index contributed by atoms with van der Waals surface area (Å²) in [6.07, 6.45) is 1.12. The summed E-state index contributed by atoms with van der Waals surface area (Å²) in [6.45, 7) is 10.2. The fraction of sp³-hybridized carbons (Fsp3) is 0.917. The molecule has 0 aliphatic heterocycles. The highest BCUT2D eigenvalue weighted by atomic mass is 15.2. The molecule has 2 N–H and O–H groups in total. The molecule has 4 heteroatoms. The van der Waals surface area contributed by atoms with Crippen molar-refractivity contribution in [3.05, 3.63) is 0 Å². The molecule has 0 aromatic rings. The van der Waals surface area contributed by atoms with E-state index < -0.39 is 0 Å². The number of aliphatic imine (C=N–C) groups is 1. The van der Waals surface area contributed by atoms with E-state index in [0.29, 0.717) is 11.9 Å². The van der Waals surface area contributed by atoms with Crippen LogP contribution in [0.2, 0.25) is 0 Å². The molecule has 0 unspecified atom stereocenters. The highest BCUT2D eigenvalue weighted by molar-refractivity contribution is 5.78. The maximum absolute atomic E-state index is 5.96. The van der Waals surface area contributed by atoms with Gasteiger partial charge in [0.1, 0.15) is 0 Å². The van der Waals surface area contributed by atoms with Crippen LogP contribution in [-0.4, -0.2) is 56.0 Å². The maximum Gasteiger partial charge on any atom is 0.191 e. The predicted octanol–water partition coefficient (Wildman–Crippen LogP) is 1.23. The van der Waals surface area contributed by atoms with Gasteiger partial charge in [0, 0.05) is 19.6 Å². The molecule has 0 atom stereocenters. The average Bonchev–Trinajstić information content (AvgIpc) is 2.20. The highest BCUT2D eigenvalue weighted by Gasteiger charge is 2.05. The third-order valence-corrected chi connectivity index (χ3v) is 2.36. The van der Waals surface area contributed by atoms with Crippen LogP contribution in [0.5, 0.6) is 0 Å². The number of hydrogen-bond donors (Lipinski definition) is 1. The molecule has 0 amide bonds. The molecule has 0 rings (SSSR count). The lowest BCUT2D eigenvalue weighted by atomic mass is 10.2. The minimum absolute atomic E-state index is 0.569. The molecule has 0 aromatic heterocycles. The summed E-state index contributed by atoms with van der Waals surface area (Å²) in [4.78, 5) is 8.73. The Kier molecular flexibility index (Phi) is 7.99. The highest BCUT2D eigenvalue weighted by Crippen LogP contribution is 1.96. The molecular formula is C12H28N4. The Morgan fingerprint density at radius 3 is 2.31 bits per heavy atom. The smallest absolute Gasteiger partial charge is 0.191 e. The zero-order valence-corrected chi connectivity index (χ0v) is 11.5. The van der Waals surface area contributed by atoms with E-state index in [0.717, 1.165) is 32.6 Å². The molecule has 0 radical (unpaired) electrons. The molecule has 16 heavy (non-hydrogen) atoms. The summed E-state index contributed by atoms with van der Waals surface area (Å²) in [7, 11) is 4.18. The Bertz CT molecular complexity index is 199. The molecule has 0 heterocycles. The molecule has 0 aliphatic rings. The van der Waals surface area contributed by atoms with E-state index in [-0.39, 0.29) is 0 Å². The molecule has 0 bridgehead atoms. The maximum atomic E-state index is 5.96. The lowest BCUT2D eigenvalue weighted by Crippen LogP contribution is -2.39. The van der Waals surface area contributed by atoms with Crippen LogP contribution >= 0.6 is 0 Å². The summed E-state index contributed by atoms with van der Waals surface area (Å²) in [5.41, 5.74) is 5.96. The fourth-order valence-corrected chi connectivity index (χ4v) is 1.39. The molecule has 0 aliphatic carbocycles. The van der Waals surface area contributed by atoms with Crippen molar-refractivity contribution in [3.8, 4) is 0 Å². The van der Waals surface area contributed by atoms with Crippen molar-refractivity contribution in [2.24, 2.45) is 16.6 Å². The van der Waals surface area contributed by atoms with E-state index in [4.69, 9.17) is 5.73 Å². The first-order valence-corrected chi connectivity index (χ1v) is 6.17. The second-order valence-electron chi connectivity index (χ2n) is 4.83. The van der Waals surface area contributed by atoms with E-state index in [9.17, 15) is 0 Å². The van der Waals surface area contributed by atoms with Crippen LogP contribution in [0.4, 0.5) is 0 Å². The Labute approximate surface area is 101 Å². The summed E-state index contributed by atoms with van der Waals surface area (Å²) < 4.78 is 0. The van der Waals surface area contributed by atoms with Gasteiger partial charge in [-0.3, -0.25) is 4.99 Å². The summed E-state index contributed by atoms with van der Waals surface area (Å²) in [6, 6.07) is 0. The van der Waals surface area contributed by atoms with Gasteiger partial charge in [0.2, 0.25) is 0 Å². The van der Waals surface area contributed by atoms with Crippen LogP contribution in [-0.2, 0) is 0 Å². The van der Waals surface area contributed by atoms with Crippen LogP contribution < -0.4 is 5.73 Å². The first-order valence-electron chi connectivity index (χ1n) is 6.17. The molecule has 96 valence electrons. The van der Waals surface area contributed by atoms with E-state index in [1.54, 1.807) is 0 Å². The number of nitrogens with zero attached hydrogens (tertiary/aromatic N) is 3. The van der Waals surface area contributed by atoms with Gasteiger partial charge >= 0.3 is 0 Å². The molecule has 4 nitrogen and oxygen atoms in total. The minimum Gasteiger partial charge on any atom is -0.370 e. The van der Waals surface area contributed by atoms with Crippen LogP contribution in [0.1, 0.15) is 27.2 Å². The lowest BCUT2D eigenvalue weighted by Gasteiger charge is -2.22. The molecule has 0 aromatic carbocycles. The van der Waals surface area contributed by atoms with Gasteiger partial charge in [0.15, 0.2) is 5.96 Å². The molecular weight excluding hydrogens is 200 g/mol. The van der Waals surface area contributed by atoms with Gasteiger partial charge in [0.25, 0.3) is 0 Å². The van der Waals surface area contributed by atoms with Crippen molar-refractivity contribution in [1.29, 1.82) is 0 Å². The SMILES string of the molecule is CCN(CCCN(C)C)C(N)=NCC(C)C. The summed E-state index contributed by atoms with van der Waals surface area (Å²) in [5.74, 6) is 1.26. The van der Waals surface area contributed by atoms with Crippen molar-refractivity contribution in [2.75, 3.05) is 40.3 Å². The first kappa shape index (κ1) is 15.2. The first-order chi connectivity index (χ1) is 7.47. The second-order valence-corrected chi connectivity index (χ2v) is 4.83. The summed E-state index contributed by atoms with van der Waals surface area (Å²) in [5, 5.41) is 0. The van der Waals surface area contributed by atoms with Crippen LogP contribution in [0.25, 0.3) is 0 Å². The standard InChI is InChI=1S/C12H28N4/c1-6-16(9-7-8-15(4)5)12(13)14-10-11(2)3/h11H,6-10H2,1-5H3,(H2,13,14). The molecule has 0 fully saturated rings. The largest absolute Gasteiger partial charge is 0.370 e. The second kappa shape index (κ2) is 8.39. The van der Waals surface area contributed by atoms with Crippen LogP contribution in [0, 0.1) is 5.92 Å². The van der Waals surface area contributed by atoms with Gasteiger partial charge in [-0.05, 0) is 39.9 Å². The minimum atomic E-state index is 0.569. The topological polar surface area (TPSA) is 44.9 Å². The van der Waals surface area contributed by atoms with Gasteiger partial charge in [-0.15, -0.1) is 0 Å². The van der Waals surface area contributed by atoms with E-state index in [1.165, 1.54) is 0 Å². The number of guanidine groups is 1. The van der Waals surface area contributed by atoms with Crippen LogP contribution in [0.15, 0.2) is 4.99 Å². The third-order valence-electron chi connectivity index (χ3n) is 2.36. The Morgan fingerprint density at radius 1 is 1.25 bits per heavy atom. The molecule has 0 saturated carbocycles. The zero-order chi connectivity index (χ0) is 12.6. The van der Waals surface area contributed by atoms with Gasteiger partial charge in [-0.2, -0.15) is 0 Å². The van der Waals surface area contributed by atoms with Gasteiger partial charge in [-0.25, -0.2) is 0 Å². The third kappa shape index (κ3) is 7.51. The number of nitrogens with two attached hydrogens (primary N) is 1. The van der Waals surface area contributed by atoms with Crippen molar-refractivity contribution < 1.29 is 0 Å². The predicted molar refractivity (Wildman–Crippen MR) is 71.7 cm³/mol. The normalized spacial score (nSPS) is 12.6. The Morgan fingerprint density at radius 2 is 1.88 bits per heavy atom. The van der Waals surface area contributed by atoms with Crippen molar-refractivity contribution in [3.63, 3.8) is 0 Å². The van der Waals surface area contributed by atoms with Crippen molar-refractivity contribution in [2.45, 2.75) is 27.2 Å². The zero-order valence-electron chi connectivity index (χ0n) is 11.5. The van der Waals surface area contributed by atoms with E-state index >= 15 is 0 Å². The fourth-order valence-electron chi connectivity index (χ4n) is 1.39. The average molecular weight is 228 g/mol. The molecule has 0 saturated heterocycles. The Balaban J connectivity index is 4.00. The van der Waals surface area contributed by atoms with E-state index in [1.807, 2.05) is 0 Å². The van der Waals surface area contributed by atoms with Gasteiger partial charge in [0.05, 0.1) is 0 Å². The molecule has 0 spiro atoms. The quantitative estimate of drug-likeness (QED) is 0.526. The number of hydrogen-bond acceptors (Lipinski definition) is 2. The van der Waals surface area contributed by atoms with Crippen molar-refractivity contribution >= 4 is 5.96 Å². The van der Waals surface area contributed by atoms with Gasteiger partial charge in [-0.1, -0.05) is 13.8 Å². The summed E-state index contributed by atoms with van der Waals surface area (Å²) >= 11 is 0. The van der Waals surface area contributed by atoms with E-state index in [2.05, 4.69) is 49.7 Å². The Hall–Kier alpha value is -0.770. The lowest BCUT2D eigenvalue weighted by molar-refractivity contribution is 0.352. The monoisotopic (exact) mass is 228 g/mol. The van der Waals surface area contributed by atoms with Crippen molar-refractivity contribution in [1.82, 2.24) is 9.80 Å². The van der Waals surface area contributed by atoms with Gasteiger partial charge < -0.3 is 15.5 Å².